The summed E-state index contributed by atoms with van der Waals surface area (Å²) >= 11 is 0. The first-order valence-corrected chi connectivity index (χ1v) is 7.94. The number of methoxy groups -OCH3 is 1. The second-order valence-corrected chi connectivity index (χ2v) is 6.66. The molecule has 0 unspecified atom stereocenters. The van der Waals surface area contributed by atoms with E-state index < -0.39 is 16.0 Å². The Morgan fingerprint density at radius 2 is 1.81 bits per heavy atom. The molecule has 1 N–H and O–H groups in total. The van der Waals surface area contributed by atoms with Crippen LogP contribution in [-0.4, -0.2) is 44.0 Å². The van der Waals surface area contributed by atoms with E-state index in [2.05, 4.69) is 0 Å². The van der Waals surface area contributed by atoms with Gasteiger partial charge in [-0.1, -0.05) is 5.57 Å². The fourth-order valence-corrected chi connectivity index (χ4v) is 3.67. The Morgan fingerprint density at radius 3 is 2.29 bits per heavy atom. The zero-order valence-corrected chi connectivity index (χ0v) is 12.5. The van der Waals surface area contributed by atoms with Crippen molar-refractivity contribution >= 4 is 16.0 Å². The van der Waals surface area contributed by atoms with Crippen molar-refractivity contribution in [1.29, 1.82) is 0 Å². The van der Waals surface area contributed by atoms with Crippen LogP contribution in [0.5, 0.6) is 5.75 Å². The molecule has 1 aliphatic heterocycles. The highest BCUT2D eigenvalue weighted by atomic mass is 32.2. The van der Waals surface area contributed by atoms with E-state index in [-0.39, 0.29) is 4.90 Å². The van der Waals surface area contributed by atoms with Crippen molar-refractivity contribution < 1.29 is 23.1 Å². The Balaban J connectivity index is 2.12. The van der Waals surface area contributed by atoms with E-state index >= 15 is 0 Å². The second-order valence-electron chi connectivity index (χ2n) is 4.72. The van der Waals surface area contributed by atoms with Crippen LogP contribution in [0.2, 0.25) is 0 Å². The Labute approximate surface area is 123 Å². The number of nitrogens with zero attached hydrogens (tertiary/aromatic N) is 1. The number of aliphatic carboxylic acids is 1. The molecule has 0 saturated carbocycles. The normalized spacial score (nSPS) is 16.5. The number of carbonyl (C=O) groups is 1. The van der Waals surface area contributed by atoms with Gasteiger partial charge in [-0.05, 0) is 37.1 Å². The smallest absolute Gasteiger partial charge is 0.328 e. The average Bonchev–Trinajstić information content (AvgIpc) is 2.47. The van der Waals surface area contributed by atoms with Gasteiger partial charge in [0.1, 0.15) is 5.75 Å². The van der Waals surface area contributed by atoms with Gasteiger partial charge in [-0.15, -0.1) is 0 Å². The molecule has 6 nitrogen and oxygen atoms in total. The summed E-state index contributed by atoms with van der Waals surface area (Å²) in [5.41, 5.74) is 0.767. The number of hydrogen-bond acceptors (Lipinski definition) is 4. The van der Waals surface area contributed by atoms with Gasteiger partial charge in [-0.2, -0.15) is 4.31 Å². The fourth-order valence-electron chi connectivity index (χ4n) is 2.23. The first-order chi connectivity index (χ1) is 9.93. The Kier molecular flexibility index (Phi) is 4.64. The molecule has 1 fully saturated rings. The zero-order valence-electron chi connectivity index (χ0n) is 11.7. The van der Waals surface area contributed by atoms with E-state index in [1.165, 1.54) is 23.5 Å². The number of piperidine rings is 1. The minimum Gasteiger partial charge on any atom is -0.497 e. The molecule has 1 aromatic rings. The molecule has 0 radical (unpaired) electrons. The number of sulfonamides is 1. The van der Waals surface area contributed by atoms with E-state index in [0.717, 1.165) is 11.6 Å². The zero-order chi connectivity index (χ0) is 15.5. The van der Waals surface area contributed by atoms with Crippen molar-refractivity contribution in [2.45, 2.75) is 17.7 Å². The monoisotopic (exact) mass is 311 g/mol. The molecule has 7 heteroatoms. The molecule has 0 spiro atoms. The van der Waals surface area contributed by atoms with Gasteiger partial charge < -0.3 is 9.84 Å². The van der Waals surface area contributed by atoms with Crippen LogP contribution in [0.4, 0.5) is 0 Å². The number of carboxylic acids is 1. The topological polar surface area (TPSA) is 83.9 Å². The van der Waals surface area contributed by atoms with Crippen LogP contribution in [0.3, 0.4) is 0 Å². The summed E-state index contributed by atoms with van der Waals surface area (Å²) in [7, 11) is -2.02. The van der Waals surface area contributed by atoms with E-state index in [1.807, 2.05) is 0 Å². The predicted molar refractivity (Wildman–Crippen MR) is 76.7 cm³/mol. The predicted octanol–water partition coefficient (Wildman–Crippen LogP) is 1.49. The first-order valence-electron chi connectivity index (χ1n) is 6.50. The summed E-state index contributed by atoms with van der Waals surface area (Å²) in [6.07, 6.45) is 2.06. The highest BCUT2D eigenvalue weighted by Crippen LogP contribution is 2.24. The molecule has 1 saturated heterocycles. The lowest BCUT2D eigenvalue weighted by molar-refractivity contribution is -0.131. The molecule has 0 aromatic heterocycles. The molecular formula is C14H17NO5S. The van der Waals surface area contributed by atoms with Crippen molar-refractivity contribution in [1.82, 2.24) is 4.31 Å². The Morgan fingerprint density at radius 1 is 1.24 bits per heavy atom. The molecule has 114 valence electrons. The summed E-state index contributed by atoms with van der Waals surface area (Å²) in [4.78, 5) is 10.8. The van der Waals surface area contributed by atoms with Crippen LogP contribution in [0.15, 0.2) is 40.8 Å². The molecular weight excluding hydrogens is 294 g/mol. The summed E-state index contributed by atoms with van der Waals surface area (Å²) in [5.74, 6) is -0.393. The molecule has 0 bridgehead atoms. The molecule has 0 atom stereocenters. The minimum absolute atomic E-state index is 0.217. The number of carboxylic acid groups (broad SMARTS) is 1. The maximum atomic E-state index is 12.5. The highest BCUT2D eigenvalue weighted by Gasteiger charge is 2.27. The SMILES string of the molecule is COc1ccc(S(=O)(=O)N2CCC(=CC(=O)O)CC2)cc1. The van der Waals surface area contributed by atoms with Gasteiger partial charge in [0.15, 0.2) is 0 Å². The summed E-state index contributed by atoms with van der Waals surface area (Å²) in [6.45, 7) is 0.598. The summed E-state index contributed by atoms with van der Waals surface area (Å²) < 4.78 is 31.3. The van der Waals surface area contributed by atoms with Gasteiger partial charge in [0, 0.05) is 19.2 Å². The molecule has 1 aromatic carbocycles. The maximum Gasteiger partial charge on any atom is 0.328 e. The Bertz CT molecular complexity index is 638. The lowest BCUT2D eigenvalue weighted by atomic mass is 10.1. The maximum absolute atomic E-state index is 12.5. The molecule has 1 heterocycles. The van der Waals surface area contributed by atoms with Crippen LogP contribution in [0.1, 0.15) is 12.8 Å². The first kappa shape index (κ1) is 15.5. The van der Waals surface area contributed by atoms with Gasteiger partial charge in [0.05, 0.1) is 12.0 Å². The van der Waals surface area contributed by atoms with Crippen LogP contribution in [0, 0.1) is 0 Å². The summed E-state index contributed by atoms with van der Waals surface area (Å²) in [5, 5.41) is 8.70. The minimum atomic E-state index is -3.54. The lowest BCUT2D eigenvalue weighted by Gasteiger charge is -2.27. The number of rotatable bonds is 4. The lowest BCUT2D eigenvalue weighted by Crippen LogP contribution is -2.36. The molecule has 2 rings (SSSR count). The molecule has 0 amide bonds. The van der Waals surface area contributed by atoms with E-state index in [0.29, 0.717) is 31.7 Å². The van der Waals surface area contributed by atoms with Crippen LogP contribution in [-0.2, 0) is 14.8 Å². The van der Waals surface area contributed by atoms with Gasteiger partial charge in [-0.3, -0.25) is 0 Å². The number of ether oxygens (including phenoxy) is 1. The van der Waals surface area contributed by atoms with Crippen molar-refractivity contribution in [2.24, 2.45) is 0 Å². The standard InChI is InChI=1S/C14H17NO5S/c1-20-12-2-4-13(5-3-12)21(18,19)15-8-6-11(7-9-15)10-14(16)17/h2-5,10H,6-9H2,1H3,(H,16,17). The second kappa shape index (κ2) is 6.28. The van der Waals surface area contributed by atoms with E-state index in [4.69, 9.17) is 9.84 Å². The van der Waals surface area contributed by atoms with Gasteiger partial charge in [-0.25, -0.2) is 13.2 Å². The van der Waals surface area contributed by atoms with E-state index in [9.17, 15) is 13.2 Å². The van der Waals surface area contributed by atoms with Crippen molar-refractivity contribution in [3.8, 4) is 5.75 Å². The van der Waals surface area contributed by atoms with Gasteiger partial charge in [0.2, 0.25) is 10.0 Å². The Hall–Kier alpha value is -1.86. The van der Waals surface area contributed by atoms with Crippen LogP contribution in [0.25, 0.3) is 0 Å². The third-order valence-corrected chi connectivity index (χ3v) is 5.30. The van der Waals surface area contributed by atoms with Crippen LogP contribution < -0.4 is 4.74 Å². The van der Waals surface area contributed by atoms with Crippen molar-refractivity contribution in [3.05, 3.63) is 35.9 Å². The van der Waals surface area contributed by atoms with Crippen molar-refractivity contribution in [3.63, 3.8) is 0 Å². The fraction of sp³-hybridized carbons (Fsp3) is 0.357. The quantitative estimate of drug-likeness (QED) is 0.852. The van der Waals surface area contributed by atoms with Gasteiger partial charge in [0.25, 0.3) is 0 Å². The third-order valence-electron chi connectivity index (χ3n) is 3.39. The molecule has 21 heavy (non-hydrogen) atoms. The van der Waals surface area contributed by atoms with Crippen molar-refractivity contribution in [2.75, 3.05) is 20.2 Å². The molecule has 0 aliphatic carbocycles. The molecule has 1 aliphatic rings. The average molecular weight is 311 g/mol. The van der Waals surface area contributed by atoms with E-state index in [1.54, 1.807) is 12.1 Å². The largest absolute Gasteiger partial charge is 0.497 e. The highest BCUT2D eigenvalue weighted by molar-refractivity contribution is 7.89. The van der Waals surface area contributed by atoms with Gasteiger partial charge >= 0.3 is 5.97 Å². The number of benzene rings is 1. The number of hydrogen-bond donors (Lipinski definition) is 1. The van der Waals surface area contributed by atoms with Crippen LogP contribution >= 0.6 is 0 Å². The third kappa shape index (κ3) is 3.62. The summed E-state index contributed by atoms with van der Waals surface area (Å²) in [6, 6.07) is 6.23.